The van der Waals surface area contributed by atoms with Crippen LogP contribution in [0.3, 0.4) is 0 Å². The molecule has 1 aromatic carbocycles. The molecule has 1 atom stereocenters. The van der Waals surface area contributed by atoms with Crippen LogP contribution in [0.2, 0.25) is 0 Å². The average molecular weight is 313 g/mol. The number of hydrogen-bond donors (Lipinski definition) is 2. The van der Waals surface area contributed by atoms with Gasteiger partial charge in [0.2, 0.25) is 0 Å². The number of hydrogen-bond acceptors (Lipinski definition) is 3. The number of rotatable bonds is 6. The summed E-state index contributed by atoms with van der Waals surface area (Å²) in [7, 11) is 0. The third-order valence-corrected chi connectivity index (χ3v) is 2.54. The monoisotopic (exact) mass is 313 g/mol. The van der Waals surface area contributed by atoms with Gasteiger partial charge in [-0.2, -0.15) is 13.2 Å². The summed E-state index contributed by atoms with van der Waals surface area (Å²) in [5.41, 5.74) is 0.294. The van der Waals surface area contributed by atoms with E-state index in [0.717, 1.165) is 12.1 Å². The first-order chi connectivity index (χ1) is 9.61. The van der Waals surface area contributed by atoms with Gasteiger partial charge in [0.1, 0.15) is 6.61 Å². The van der Waals surface area contributed by atoms with Gasteiger partial charge in [-0.25, -0.2) is 8.78 Å². The molecule has 120 valence electrons. The van der Waals surface area contributed by atoms with Crippen molar-refractivity contribution in [2.45, 2.75) is 38.7 Å². The maximum Gasteiger partial charge on any atom is 0.417 e. The van der Waals surface area contributed by atoms with Gasteiger partial charge < -0.3 is 15.2 Å². The number of halogens is 5. The summed E-state index contributed by atoms with van der Waals surface area (Å²) < 4.78 is 67.9. The Morgan fingerprint density at radius 3 is 2.14 bits per heavy atom. The zero-order valence-corrected chi connectivity index (χ0v) is 11.5. The summed E-state index contributed by atoms with van der Waals surface area (Å²) in [5, 5.41) is 11.7. The predicted molar refractivity (Wildman–Crippen MR) is 65.9 cm³/mol. The molecule has 0 heterocycles. The third-order valence-electron chi connectivity index (χ3n) is 2.54. The van der Waals surface area contributed by atoms with E-state index in [4.69, 9.17) is 5.11 Å². The van der Waals surface area contributed by atoms with Crippen LogP contribution < -0.4 is 10.1 Å². The van der Waals surface area contributed by atoms with Crippen LogP contribution in [0, 0.1) is 11.6 Å². The van der Waals surface area contributed by atoms with Gasteiger partial charge >= 0.3 is 6.18 Å². The number of ether oxygens (including phenoxy) is 1. The zero-order valence-electron chi connectivity index (χ0n) is 11.5. The van der Waals surface area contributed by atoms with Crippen molar-refractivity contribution in [1.29, 1.82) is 0 Å². The molecule has 0 aliphatic rings. The SMILES string of the molecule is CC(C)NCc1cc(F)c(OCC(O)C(F)(F)F)c(F)c1. The van der Waals surface area contributed by atoms with Crippen molar-refractivity contribution in [1.82, 2.24) is 5.32 Å². The molecule has 0 saturated carbocycles. The maximum absolute atomic E-state index is 13.6. The Labute approximate surface area is 118 Å². The maximum atomic E-state index is 13.6. The van der Waals surface area contributed by atoms with Crippen LogP contribution >= 0.6 is 0 Å². The molecular weight excluding hydrogens is 297 g/mol. The van der Waals surface area contributed by atoms with Crippen molar-refractivity contribution in [3.8, 4) is 5.75 Å². The fourth-order valence-electron chi connectivity index (χ4n) is 1.43. The van der Waals surface area contributed by atoms with E-state index in [1.807, 2.05) is 13.8 Å². The fourth-order valence-corrected chi connectivity index (χ4v) is 1.43. The molecule has 1 aromatic rings. The van der Waals surface area contributed by atoms with E-state index < -0.39 is 36.3 Å². The standard InChI is InChI=1S/C13H16F5NO2/c1-7(2)19-5-8-3-9(14)12(10(15)4-8)21-6-11(20)13(16,17)18/h3-4,7,11,19-20H,5-6H2,1-2H3. The Morgan fingerprint density at radius 2 is 1.71 bits per heavy atom. The molecule has 0 aliphatic carbocycles. The normalized spacial score (nSPS) is 13.6. The van der Waals surface area contributed by atoms with Crippen LogP contribution in [0.25, 0.3) is 0 Å². The van der Waals surface area contributed by atoms with Crippen LogP contribution in [0.5, 0.6) is 5.75 Å². The van der Waals surface area contributed by atoms with Gasteiger partial charge in [-0.3, -0.25) is 0 Å². The molecule has 0 radical (unpaired) electrons. The highest BCUT2D eigenvalue weighted by atomic mass is 19.4. The largest absolute Gasteiger partial charge is 0.484 e. The molecular formula is C13H16F5NO2. The lowest BCUT2D eigenvalue weighted by molar-refractivity contribution is -0.211. The first kappa shape index (κ1) is 17.6. The summed E-state index contributed by atoms with van der Waals surface area (Å²) in [6.07, 6.45) is -7.72. The lowest BCUT2D eigenvalue weighted by Crippen LogP contribution is -2.34. The van der Waals surface area contributed by atoms with E-state index in [-0.39, 0.29) is 12.6 Å². The Bertz CT molecular complexity index is 453. The molecule has 8 heteroatoms. The molecule has 3 nitrogen and oxygen atoms in total. The van der Waals surface area contributed by atoms with E-state index in [0.29, 0.717) is 5.56 Å². The highest BCUT2D eigenvalue weighted by Crippen LogP contribution is 2.26. The summed E-state index contributed by atoms with van der Waals surface area (Å²) >= 11 is 0. The van der Waals surface area contributed by atoms with Gasteiger partial charge in [-0.05, 0) is 17.7 Å². The average Bonchev–Trinajstić information content (AvgIpc) is 2.33. The molecule has 0 aliphatic heterocycles. The fraction of sp³-hybridized carbons (Fsp3) is 0.538. The van der Waals surface area contributed by atoms with Crippen molar-refractivity contribution in [2.75, 3.05) is 6.61 Å². The zero-order chi connectivity index (χ0) is 16.2. The predicted octanol–water partition coefficient (Wildman–Crippen LogP) is 2.76. The number of aliphatic hydroxyl groups is 1. The van der Waals surface area contributed by atoms with Crippen molar-refractivity contribution < 1.29 is 31.8 Å². The molecule has 0 bridgehead atoms. The molecule has 0 amide bonds. The Morgan fingerprint density at radius 1 is 1.19 bits per heavy atom. The number of nitrogens with one attached hydrogen (secondary N) is 1. The molecule has 0 fully saturated rings. The van der Waals surface area contributed by atoms with E-state index in [1.165, 1.54) is 0 Å². The van der Waals surface area contributed by atoms with Gasteiger partial charge in [0.15, 0.2) is 23.5 Å². The molecule has 1 rings (SSSR count). The van der Waals surface area contributed by atoms with E-state index in [1.54, 1.807) is 0 Å². The van der Waals surface area contributed by atoms with Gasteiger partial charge in [-0.15, -0.1) is 0 Å². The molecule has 0 spiro atoms. The summed E-state index contributed by atoms with van der Waals surface area (Å²) in [6.45, 7) is 2.63. The quantitative estimate of drug-likeness (QED) is 0.794. The third kappa shape index (κ3) is 5.47. The molecule has 1 unspecified atom stereocenters. The number of benzene rings is 1. The van der Waals surface area contributed by atoms with Crippen LogP contribution in [0.4, 0.5) is 22.0 Å². The Kier molecular flexibility index (Phi) is 5.91. The highest BCUT2D eigenvalue weighted by Gasteiger charge is 2.39. The van der Waals surface area contributed by atoms with Gasteiger partial charge in [0.05, 0.1) is 0 Å². The van der Waals surface area contributed by atoms with E-state index in [2.05, 4.69) is 10.1 Å². The van der Waals surface area contributed by atoms with Crippen molar-refractivity contribution in [2.24, 2.45) is 0 Å². The van der Waals surface area contributed by atoms with Gasteiger partial charge in [0.25, 0.3) is 0 Å². The molecule has 21 heavy (non-hydrogen) atoms. The van der Waals surface area contributed by atoms with Crippen LogP contribution in [-0.4, -0.2) is 30.0 Å². The van der Waals surface area contributed by atoms with Crippen molar-refractivity contribution in [3.63, 3.8) is 0 Å². The molecule has 0 saturated heterocycles. The second-order valence-electron chi connectivity index (χ2n) is 4.79. The van der Waals surface area contributed by atoms with E-state index >= 15 is 0 Å². The van der Waals surface area contributed by atoms with Crippen LogP contribution in [0.1, 0.15) is 19.4 Å². The summed E-state index contributed by atoms with van der Waals surface area (Å²) in [6, 6.07) is 2.04. The summed E-state index contributed by atoms with van der Waals surface area (Å²) in [4.78, 5) is 0. The van der Waals surface area contributed by atoms with Crippen LogP contribution in [-0.2, 0) is 6.54 Å². The molecule has 2 N–H and O–H groups in total. The second kappa shape index (κ2) is 7.04. The highest BCUT2D eigenvalue weighted by molar-refractivity contribution is 5.31. The van der Waals surface area contributed by atoms with Crippen molar-refractivity contribution in [3.05, 3.63) is 29.3 Å². The first-order valence-corrected chi connectivity index (χ1v) is 6.20. The second-order valence-corrected chi connectivity index (χ2v) is 4.79. The first-order valence-electron chi connectivity index (χ1n) is 6.20. The van der Waals surface area contributed by atoms with Gasteiger partial charge in [0, 0.05) is 12.6 Å². The number of alkyl halides is 3. The number of aliphatic hydroxyl groups excluding tert-OH is 1. The minimum absolute atomic E-state index is 0.106. The Hall–Kier alpha value is -1.41. The lowest BCUT2D eigenvalue weighted by atomic mass is 10.2. The minimum Gasteiger partial charge on any atom is -0.484 e. The van der Waals surface area contributed by atoms with E-state index in [9.17, 15) is 22.0 Å². The topological polar surface area (TPSA) is 41.5 Å². The van der Waals surface area contributed by atoms with Gasteiger partial charge in [-0.1, -0.05) is 13.8 Å². The minimum atomic E-state index is -4.91. The van der Waals surface area contributed by atoms with Crippen molar-refractivity contribution >= 4 is 0 Å². The van der Waals surface area contributed by atoms with Crippen LogP contribution in [0.15, 0.2) is 12.1 Å². The Balaban J connectivity index is 2.76. The smallest absolute Gasteiger partial charge is 0.417 e. The lowest BCUT2D eigenvalue weighted by Gasteiger charge is -2.16. The molecule has 0 aromatic heterocycles. The summed E-state index contributed by atoms with van der Waals surface area (Å²) in [5.74, 6) is -3.18.